The van der Waals surface area contributed by atoms with Gasteiger partial charge in [-0.25, -0.2) is 4.99 Å². The number of fused-ring (bicyclic) bond motifs is 1. The molecule has 2 fully saturated rings. The van der Waals surface area contributed by atoms with Gasteiger partial charge >= 0.3 is 0 Å². The Morgan fingerprint density at radius 3 is 2.53 bits per heavy atom. The lowest BCUT2D eigenvalue weighted by molar-refractivity contribution is -0.124. The Hall–Kier alpha value is -2.09. The van der Waals surface area contributed by atoms with E-state index in [1.54, 1.807) is 18.9 Å². The van der Waals surface area contributed by atoms with Crippen LogP contribution in [0.25, 0.3) is 0 Å². The highest BCUT2D eigenvalue weighted by Crippen LogP contribution is 2.51. The highest BCUT2D eigenvalue weighted by atomic mass is 35.5. The van der Waals surface area contributed by atoms with Crippen LogP contribution in [0.5, 0.6) is 5.75 Å². The quantitative estimate of drug-likeness (QED) is 0.455. The van der Waals surface area contributed by atoms with Gasteiger partial charge in [0.05, 0.1) is 23.5 Å². The van der Waals surface area contributed by atoms with Crippen molar-refractivity contribution in [3.63, 3.8) is 0 Å². The van der Waals surface area contributed by atoms with E-state index in [1.807, 2.05) is 54.4 Å². The fraction of sp³-hybridized carbons (Fsp3) is 0.333. The molecule has 0 N–H and O–H groups in total. The maximum Gasteiger partial charge on any atom is 0.269 e. The van der Waals surface area contributed by atoms with Gasteiger partial charge in [-0.2, -0.15) is 0 Å². The summed E-state index contributed by atoms with van der Waals surface area (Å²) in [6, 6.07) is 13.7. The van der Waals surface area contributed by atoms with Crippen molar-refractivity contribution in [2.45, 2.75) is 43.0 Å². The van der Waals surface area contributed by atoms with Gasteiger partial charge < -0.3 is 9.64 Å². The maximum absolute atomic E-state index is 13.7. The van der Waals surface area contributed by atoms with E-state index in [2.05, 4.69) is 4.90 Å². The van der Waals surface area contributed by atoms with Gasteiger partial charge in [0, 0.05) is 23.0 Å². The molecular weight excluding hydrogens is 462 g/mol. The number of amidine groups is 1. The summed E-state index contributed by atoms with van der Waals surface area (Å²) in [6.07, 6.45) is 5.59. The highest BCUT2D eigenvalue weighted by Gasteiger charge is 2.42. The van der Waals surface area contributed by atoms with Crippen molar-refractivity contribution in [1.29, 1.82) is 0 Å². The zero-order valence-electron chi connectivity index (χ0n) is 18.0. The van der Waals surface area contributed by atoms with Crippen LogP contribution in [0.15, 0.2) is 62.3 Å². The first kappa shape index (κ1) is 21.7. The molecule has 0 atom stereocenters. The number of amides is 1. The average Bonchev–Trinajstić information content (AvgIpc) is 3.31. The van der Waals surface area contributed by atoms with Crippen molar-refractivity contribution in [2.75, 3.05) is 19.1 Å². The molecule has 0 radical (unpaired) electrons. The molecule has 2 aromatic rings. The van der Waals surface area contributed by atoms with E-state index in [-0.39, 0.29) is 11.9 Å². The molecule has 1 saturated heterocycles. The van der Waals surface area contributed by atoms with Crippen LogP contribution in [0.3, 0.4) is 0 Å². The molecule has 2 aromatic carbocycles. The predicted molar refractivity (Wildman–Crippen MR) is 134 cm³/mol. The average molecular weight is 486 g/mol. The summed E-state index contributed by atoms with van der Waals surface area (Å²) in [6.45, 7) is 0. The van der Waals surface area contributed by atoms with Gasteiger partial charge in [0.15, 0.2) is 5.17 Å². The second kappa shape index (κ2) is 9.04. The van der Waals surface area contributed by atoms with Gasteiger partial charge in [-0.05, 0) is 67.1 Å². The molecule has 0 bridgehead atoms. The summed E-state index contributed by atoms with van der Waals surface area (Å²) in [7, 11) is 3.64. The zero-order valence-corrected chi connectivity index (χ0v) is 20.4. The summed E-state index contributed by atoms with van der Waals surface area (Å²) in [5, 5.41) is 2.40. The van der Waals surface area contributed by atoms with Gasteiger partial charge in [0.1, 0.15) is 10.7 Å². The van der Waals surface area contributed by atoms with Gasteiger partial charge in [-0.1, -0.05) is 42.6 Å². The first-order valence-corrected chi connectivity index (χ1v) is 12.8. The van der Waals surface area contributed by atoms with Crippen molar-refractivity contribution in [3.05, 3.63) is 57.4 Å². The molecule has 166 valence electrons. The Bertz CT molecular complexity index is 1110. The third-order valence-corrected chi connectivity index (χ3v) is 8.68. The lowest BCUT2D eigenvalue weighted by Crippen LogP contribution is -2.40. The zero-order chi connectivity index (χ0) is 22.2. The molecule has 2 aliphatic heterocycles. The molecule has 0 aromatic heterocycles. The third kappa shape index (κ3) is 4.02. The Morgan fingerprint density at radius 1 is 1.06 bits per heavy atom. The predicted octanol–water partition coefficient (Wildman–Crippen LogP) is 6.66. The summed E-state index contributed by atoms with van der Waals surface area (Å²) < 4.78 is 5.26. The third-order valence-electron chi connectivity index (χ3n) is 6.04. The second-order valence-electron chi connectivity index (χ2n) is 8.07. The lowest BCUT2D eigenvalue weighted by atomic mass is 9.94. The Labute approximate surface area is 201 Å². The van der Waals surface area contributed by atoms with Crippen molar-refractivity contribution >= 4 is 57.6 Å². The largest absolute Gasteiger partial charge is 0.497 e. The number of hydrogen-bond acceptors (Lipinski definition) is 6. The minimum Gasteiger partial charge on any atom is -0.497 e. The number of hydrogen-bond donors (Lipinski definition) is 0. The Morgan fingerprint density at radius 2 is 1.81 bits per heavy atom. The standard InChI is InChI=1S/C24H24ClN3O2S2/c1-27-19-14-15(25)8-13-20(19)31-23(27)21-22(29)28(17-6-4-3-5-7-17)24(32-21)26-16-9-11-18(30-2)12-10-16/h8-14,17H,3-7H2,1-2H3. The lowest BCUT2D eigenvalue weighted by Gasteiger charge is -2.30. The van der Waals surface area contributed by atoms with Gasteiger partial charge in [0.25, 0.3) is 5.91 Å². The van der Waals surface area contributed by atoms with E-state index in [0.29, 0.717) is 5.02 Å². The first-order valence-electron chi connectivity index (χ1n) is 10.7. The molecule has 3 aliphatic rings. The van der Waals surface area contributed by atoms with Crippen molar-refractivity contribution < 1.29 is 9.53 Å². The molecule has 1 amide bonds. The number of rotatable bonds is 3. The highest BCUT2D eigenvalue weighted by molar-refractivity contribution is 8.19. The Kier molecular flexibility index (Phi) is 6.14. The van der Waals surface area contributed by atoms with Gasteiger partial charge in [0.2, 0.25) is 0 Å². The normalized spacial score (nSPS) is 22.7. The molecule has 5 nitrogen and oxygen atoms in total. The van der Waals surface area contributed by atoms with E-state index in [1.165, 1.54) is 18.2 Å². The van der Waals surface area contributed by atoms with Crippen LogP contribution in [-0.4, -0.2) is 36.2 Å². The van der Waals surface area contributed by atoms with Crippen molar-refractivity contribution in [2.24, 2.45) is 4.99 Å². The van der Waals surface area contributed by atoms with Crippen LogP contribution < -0.4 is 9.64 Å². The van der Waals surface area contributed by atoms with E-state index < -0.39 is 0 Å². The molecule has 32 heavy (non-hydrogen) atoms. The summed E-state index contributed by atoms with van der Waals surface area (Å²) in [4.78, 5) is 24.5. The van der Waals surface area contributed by atoms with Crippen LogP contribution in [0.2, 0.25) is 5.02 Å². The topological polar surface area (TPSA) is 45.1 Å². The van der Waals surface area contributed by atoms with Crippen LogP contribution in [0, 0.1) is 0 Å². The van der Waals surface area contributed by atoms with E-state index >= 15 is 0 Å². The van der Waals surface area contributed by atoms with Crippen LogP contribution in [0.4, 0.5) is 11.4 Å². The number of nitrogens with zero attached hydrogens (tertiary/aromatic N) is 3. The van der Waals surface area contributed by atoms with E-state index in [4.69, 9.17) is 21.3 Å². The monoisotopic (exact) mass is 485 g/mol. The molecule has 2 heterocycles. The molecule has 1 aliphatic carbocycles. The van der Waals surface area contributed by atoms with Crippen LogP contribution in [-0.2, 0) is 4.79 Å². The second-order valence-corrected chi connectivity index (χ2v) is 10.5. The maximum atomic E-state index is 13.7. The molecule has 0 unspecified atom stereocenters. The number of benzene rings is 2. The number of carbonyl (C=O) groups is 1. The fourth-order valence-corrected chi connectivity index (χ4v) is 6.89. The van der Waals surface area contributed by atoms with Crippen molar-refractivity contribution in [3.8, 4) is 5.75 Å². The van der Waals surface area contributed by atoms with Crippen molar-refractivity contribution in [1.82, 2.24) is 4.90 Å². The number of anilines is 1. The molecular formula is C24H24ClN3O2S2. The number of carbonyl (C=O) groups excluding carboxylic acids is 1. The summed E-state index contributed by atoms with van der Waals surface area (Å²) in [5.41, 5.74) is 1.85. The summed E-state index contributed by atoms with van der Waals surface area (Å²) in [5.74, 6) is 0.846. The SMILES string of the molecule is COc1ccc(N=C2SC(=C3Sc4ccc(Cl)cc4N3C)C(=O)N2C2CCCCC2)cc1. The molecule has 8 heteroatoms. The smallest absolute Gasteiger partial charge is 0.269 e. The number of ether oxygens (including phenoxy) is 1. The Balaban J connectivity index is 1.53. The molecule has 1 saturated carbocycles. The number of aliphatic imine (C=N–C) groups is 1. The molecule has 0 spiro atoms. The van der Waals surface area contributed by atoms with Gasteiger partial charge in [-0.3, -0.25) is 9.69 Å². The number of thioether (sulfide) groups is 2. The van der Waals surface area contributed by atoms with Gasteiger partial charge in [-0.15, -0.1) is 0 Å². The van der Waals surface area contributed by atoms with E-state index in [9.17, 15) is 4.79 Å². The number of methoxy groups -OCH3 is 1. The fourth-order valence-electron chi connectivity index (χ4n) is 4.34. The first-order chi connectivity index (χ1) is 15.5. The summed E-state index contributed by atoms with van der Waals surface area (Å²) >= 11 is 9.33. The van der Waals surface area contributed by atoms with Crippen LogP contribution >= 0.6 is 35.1 Å². The molecule has 5 rings (SSSR count). The number of halogens is 1. The minimum atomic E-state index is 0.0578. The van der Waals surface area contributed by atoms with Crippen LogP contribution in [0.1, 0.15) is 32.1 Å². The van der Waals surface area contributed by atoms with E-state index in [0.717, 1.165) is 62.8 Å². The minimum absolute atomic E-state index is 0.0578.